The van der Waals surface area contributed by atoms with Crippen molar-refractivity contribution in [1.29, 1.82) is 0 Å². The molecule has 2 aromatic rings. The Kier molecular flexibility index (Phi) is 4.55. The van der Waals surface area contributed by atoms with Crippen molar-refractivity contribution >= 4 is 17.3 Å². The SMILES string of the molecule is CN(CC(=O)NCc1ccccc1)c1ccncc1N. The number of pyridine rings is 1. The first kappa shape index (κ1) is 13.9. The number of benzene rings is 1. The van der Waals surface area contributed by atoms with Gasteiger partial charge in [0.1, 0.15) is 0 Å². The van der Waals surface area contributed by atoms with E-state index in [4.69, 9.17) is 5.73 Å². The van der Waals surface area contributed by atoms with Gasteiger partial charge in [0.2, 0.25) is 5.91 Å². The number of nitrogens with zero attached hydrogens (tertiary/aromatic N) is 2. The van der Waals surface area contributed by atoms with Crippen LogP contribution in [0.2, 0.25) is 0 Å². The van der Waals surface area contributed by atoms with Crippen LogP contribution < -0.4 is 16.0 Å². The van der Waals surface area contributed by atoms with Crippen molar-refractivity contribution in [3.8, 4) is 0 Å². The van der Waals surface area contributed by atoms with Crippen LogP contribution in [-0.4, -0.2) is 24.5 Å². The molecule has 1 aromatic carbocycles. The summed E-state index contributed by atoms with van der Waals surface area (Å²) in [7, 11) is 1.83. The normalized spacial score (nSPS) is 10.1. The molecule has 1 amide bonds. The topological polar surface area (TPSA) is 71.2 Å². The van der Waals surface area contributed by atoms with Crippen molar-refractivity contribution in [2.75, 3.05) is 24.2 Å². The van der Waals surface area contributed by atoms with Crippen LogP contribution in [0.3, 0.4) is 0 Å². The summed E-state index contributed by atoms with van der Waals surface area (Å²) in [5, 5.41) is 2.88. The molecule has 0 spiro atoms. The Bertz CT molecular complexity index is 571. The molecule has 0 atom stereocenters. The summed E-state index contributed by atoms with van der Waals surface area (Å²) < 4.78 is 0. The average Bonchev–Trinajstić information content (AvgIpc) is 2.46. The quantitative estimate of drug-likeness (QED) is 0.862. The summed E-state index contributed by atoms with van der Waals surface area (Å²) >= 11 is 0. The molecule has 5 nitrogen and oxygen atoms in total. The fraction of sp³-hybridized carbons (Fsp3) is 0.200. The first-order valence-electron chi connectivity index (χ1n) is 6.38. The van der Waals surface area contributed by atoms with Gasteiger partial charge in [-0.2, -0.15) is 0 Å². The summed E-state index contributed by atoms with van der Waals surface area (Å²) in [5.74, 6) is -0.0486. The van der Waals surface area contributed by atoms with Crippen molar-refractivity contribution in [3.63, 3.8) is 0 Å². The van der Waals surface area contributed by atoms with Crippen molar-refractivity contribution < 1.29 is 4.79 Å². The second kappa shape index (κ2) is 6.56. The Hall–Kier alpha value is -2.56. The van der Waals surface area contributed by atoms with Crippen LogP contribution in [0, 0.1) is 0 Å². The molecule has 2 rings (SSSR count). The fourth-order valence-electron chi connectivity index (χ4n) is 1.90. The first-order valence-corrected chi connectivity index (χ1v) is 6.38. The van der Waals surface area contributed by atoms with Crippen LogP contribution in [0.15, 0.2) is 48.8 Å². The van der Waals surface area contributed by atoms with Crippen LogP contribution in [0.25, 0.3) is 0 Å². The maximum absolute atomic E-state index is 11.9. The predicted octanol–water partition coefficient (Wildman–Crippen LogP) is 1.42. The minimum Gasteiger partial charge on any atom is -0.396 e. The smallest absolute Gasteiger partial charge is 0.239 e. The fourth-order valence-corrected chi connectivity index (χ4v) is 1.90. The van der Waals surface area contributed by atoms with Crippen molar-refractivity contribution in [2.24, 2.45) is 0 Å². The number of carbonyl (C=O) groups excluding carboxylic acids is 1. The van der Waals surface area contributed by atoms with Gasteiger partial charge in [-0.1, -0.05) is 30.3 Å². The predicted molar refractivity (Wildman–Crippen MR) is 80.2 cm³/mol. The van der Waals surface area contributed by atoms with Gasteiger partial charge < -0.3 is 16.0 Å². The Morgan fingerprint density at radius 1 is 1.30 bits per heavy atom. The van der Waals surface area contributed by atoms with Gasteiger partial charge in [0.15, 0.2) is 0 Å². The van der Waals surface area contributed by atoms with Gasteiger partial charge in [0.05, 0.1) is 24.1 Å². The van der Waals surface area contributed by atoms with E-state index in [0.717, 1.165) is 11.3 Å². The molecule has 0 unspecified atom stereocenters. The maximum Gasteiger partial charge on any atom is 0.239 e. The Labute approximate surface area is 118 Å². The number of nitrogens with two attached hydrogens (primary N) is 1. The van der Waals surface area contributed by atoms with E-state index in [0.29, 0.717) is 12.2 Å². The van der Waals surface area contributed by atoms with E-state index in [-0.39, 0.29) is 12.5 Å². The van der Waals surface area contributed by atoms with E-state index in [9.17, 15) is 4.79 Å². The van der Waals surface area contributed by atoms with Gasteiger partial charge in [-0.15, -0.1) is 0 Å². The summed E-state index contributed by atoms with van der Waals surface area (Å²) in [6, 6.07) is 11.6. The van der Waals surface area contributed by atoms with Crippen LogP contribution in [0.5, 0.6) is 0 Å². The van der Waals surface area contributed by atoms with Crippen LogP contribution in [0.4, 0.5) is 11.4 Å². The zero-order valence-electron chi connectivity index (χ0n) is 11.4. The first-order chi connectivity index (χ1) is 9.66. The number of carbonyl (C=O) groups is 1. The van der Waals surface area contributed by atoms with Crippen molar-refractivity contribution in [3.05, 3.63) is 54.4 Å². The Morgan fingerprint density at radius 3 is 2.75 bits per heavy atom. The number of hydrogen-bond donors (Lipinski definition) is 2. The van der Waals surface area contributed by atoms with Crippen LogP contribution in [0.1, 0.15) is 5.56 Å². The van der Waals surface area contributed by atoms with Gasteiger partial charge in [-0.3, -0.25) is 9.78 Å². The largest absolute Gasteiger partial charge is 0.396 e. The molecule has 1 aromatic heterocycles. The number of anilines is 2. The molecular formula is C15H18N4O. The highest BCUT2D eigenvalue weighted by Gasteiger charge is 2.09. The van der Waals surface area contributed by atoms with E-state index < -0.39 is 0 Å². The number of nitrogen functional groups attached to an aromatic ring is 1. The van der Waals surface area contributed by atoms with E-state index >= 15 is 0 Å². The van der Waals surface area contributed by atoms with Gasteiger partial charge in [0, 0.05) is 19.8 Å². The average molecular weight is 270 g/mol. The molecule has 0 radical (unpaired) electrons. The number of nitrogens with one attached hydrogen (secondary N) is 1. The molecule has 0 aliphatic carbocycles. The van der Waals surface area contributed by atoms with Gasteiger partial charge >= 0.3 is 0 Å². The minimum absolute atomic E-state index is 0.0486. The van der Waals surface area contributed by atoms with Crippen molar-refractivity contribution in [1.82, 2.24) is 10.3 Å². The van der Waals surface area contributed by atoms with Crippen LogP contribution >= 0.6 is 0 Å². The molecule has 104 valence electrons. The zero-order valence-corrected chi connectivity index (χ0v) is 11.4. The highest BCUT2D eigenvalue weighted by Crippen LogP contribution is 2.19. The number of rotatable bonds is 5. The standard InChI is InChI=1S/C15H18N4O/c1-19(14-7-8-17-10-13(14)16)11-15(20)18-9-12-5-3-2-4-6-12/h2-8,10H,9,11,16H2,1H3,(H,18,20). The lowest BCUT2D eigenvalue weighted by Gasteiger charge is -2.20. The summed E-state index contributed by atoms with van der Waals surface area (Å²) in [5.41, 5.74) is 8.26. The van der Waals surface area contributed by atoms with Gasteiger partial charge in [-0.25, -0.2) is 0 Å². The molecule has 20 heavy (non-hydrogen) atoms. The van der Waals surface area contributed by atoms with Gasteiger partial charge in [-0.05, 0) is 11.6 Å². The second-order valence-electron chi connectivity index (χ2n) is 4.55. The molecule has 0 bridgehead atoms. The lowest BCUT2D eigenvalue weighted by atomic mass is 10.2. The molecule has 0 aliphatic rings. The lowest BCUT2D eigenvalue weighted by molar-refractivity contribution is -0.119. The Balaban J connectivity index is 1.87. The molecule has 0 fully saturated rings. The van der Waals surface area contributed by atoms with Crippen LogP contribution in [-0.2, 0) is 11.3 Å². The van der Waals surface area contributed by atoms with E-state index in [1.165, 1.54) is 0 Å². The van der Waals surface area contributed by atoms with Gasteiger partial charge in [0.25, 0.3) is 0 Å². The zero-order chi connectivity index (χ0) is 14.4. The highest BCUT2D eigenvalue weighted by molar-refractivity contribution is 5.82. The summed E-state index contributed by atoms with van der Waals surface area (Å²) in [4.78, 5) is 17.6. The monoisotopic (exact) mass is 270 g/mol. The number of hydrogen-bond acceptors (Lipinski definition) is 4. The number of amides is 1. The molecule has 3 N–H and O–H groups in total. The maximum atomic E-state index is 11.9. The third-order valence-corrected chi connectivity index (χ3v) is 2.95. The molecule has 1 heterocycles. The molecule has 0 aliphatic heterocycles. The molecule has 5 heteroatoms. The van der Waals surface area contributed by atoms with E-state index in [1.54, 1.807) is 23.4 Å². The molecular weight excluding hydrogens is 252 g/mol. The minimum atomic E-state index is -0.0486. The third-order valence-electron chi connectivity index (χ3n) is 2.95. The van der Waals surface area contributed by atoms with E-state index in [2.05, 4.69) is 10.3 Å². The molecule has 0 saturated heterocycles. The number of aromatic nitrogens is 1. The second-order valence-corrected chi connectivity index (χ2v) is 4.55. The van der Waals surface area contributed by atoms with Crippen molar-refractivity contribution in [2.45, 2.75) is 6.54 Å². The highest BCUT2D eigenvalue weighted by atomic mass is 16.2. The third kappa shape index (κ3) is 3.71. The van der Waals surface area contributed by atoms with E-state index in [1.807, 2.05) is 37.4 Å². The molecule has 0 saturated carbocycles. The number of likely N-dealkylation sites (N-methyl/N-ethyl adjacent to an activating group) is 1. The summed E-state index contributed by atoms with van der Waals surface area (Å²) in [6.07, 6.45) is 3.23. The Morgan fingerprint density at radius 2 is 2.05 bits per heavy atom. The lowest BCUT2D eigenvalue weighted by Crippen LogP contribution is -2.35. The summed E-state index contributed by atoms with van der Waals surface area (Å²) in [6.45, 7) is 0.778.